The monoisotopic (exact) mass is 431 g/mol. The first-order chi connectivity index (χ1) is 12.9. The molecule has 1 unspecified atom stereocenters. The Bertz CT molecular complexity index is 714. The molecule has 156 valence electrons. The number of halogens is 6. The van der Waals surface area contributed by atoms with Gasteiger partial charge in [-0.15, -0.1) is 11.3 Å². The Hall–Kier alpha value is -2.05. The number of thiazole rings is 1. The van der Waals surface area contributed by atoms with E-state index in [4.69, 9.17) is 0 Å². The van der Waals surface area contributed by atoms with Crippen molar-refractivity contribution in [2.24, 2.45) is 11.3 Å². The second-order valence-electron chi connectivity index (χ2n) is 6.78. The van der Waals surface area contributed by atoms with E-state index in [0.29, 0.717) is 24.4 Å². The second kappa shape index (κ2) is 7.08. The summed E-state index contributed by atoms with van der Waals surface area (Å²) in [5, 5.41) is 4.80. The number of anilines is 1. The highest BCUT2D eigenvalue weighted by Crippen LogP contribution is 2.59. The van der Waals surface area contributed by atoms with Gasteiger partial charge in [0, 0.05) is 30.6 Å². The first-order valence-electron chi connectivity index (χ1n) is 8.22. The molecule has 2 heterocycles. The SMILES string of the molecule is O=C(Nc1nccs1)C1CC12CCN(C(=O)OC(C(F)(F)F)C(F)(F)F)CC2. The summed E-state index contributed by atoms with van der Waals surface area (Å²) in [6.45, 7) is -0.162. The van der Waals surface area contributed by atoms with Gasteiger partial charge in [0.2, 0.25) is 5.91 Å². The summed E-state index contributed by atoms with van der Waals surface area (Å²) >= 11 is 1.25. The minimum atomic E-state index is -5.75. The molecular weight excluding hydrogens is 416 g/mol. The van der Waals surface area contributed by atoms with Crippen molar-refractivity contribution in [3.8, 4) is 0 Å². The molecule has 6 nitrogen and oxygen atoms in total. The summed E-state index contributed by atoms with van der Waals surface area (Å²) in [6, 6.07) is 0. The van der Waals surface area contributed by atoms with E-state index >= 15 is 0 Å². The molecule has 1 aliphatic heterocycles. The lowest BCUT2D eigenvalue weighted by Crippen LogP contribution is -2.49. The maximum atomic E-state index is 12.5. The fraction of sp³-hybridized carbons (Fsp3) is 0.667. The van der Waals surface area contributed by atoms with Gasteiger partial charge in [0.25, 0.3) is 6.10 Å². The lowest BCUT2D eigenvalue weighted by atomic mass is 9.91. The molecular formula is C15H15F6N3O3S. The summed E-state index contributed by atoms with van der Waals surface area (Å²) < 4.78 is 78.7. The number of nitrogens with zero attached hydrogens (tertiary/aromatic N) is 2. The average Bonchev–Trinajstić information content (AvgIpc) is 3.02. The lowest BCUT2D eigenvalue weighted by Gasteiger charge is -2.33. The van der Waals surface area contributed by atoms with E-state index in [9.17, 15) is 35.9 Å². The van der Waals surface area contributed by atoms with Gasteiger partial charge < -0.3 is 15.0 Å². The highest BCUT2D eigenvalue weighted by Gasteiger charge is 2.61. The van der Waals surface area contributed by atoms with Crippen molar-refractivity contribution in [1.82, 2.24) is 9.88 Å². The van der Waals surface area contributed by atoms with Crippen LogP contribution in [0.3, 0.4) is 0 Å². The van der Waals surface area contributed by atoms with Crippen LogP contribution in [-0.2, 0) is 9.53 Å². The standard InChI is InChI=1S/C15H15F6N3O3S/c16-14(17,18)10(15(19,20)21)27-12(26)24-4-1-13(2-5-24)7-8(13)9(25)23-11-22-3-6-28-11/h3,6,8,10H,1-2,4-5,7H2,(H,22,23,25). The Morgan fingerprint density at radius 2 is 1.82 bits per heavy atom. The van der Waals surface area contributed by atoms with Gasteiger partial charge in [0.1, 0.15) is 0 Å². The molecule has 2 fully saturated rings. The van der Waals surface area contributed by atoms with Crippen LogP contribution in [0.1, 0.15) is 19.3 Å². The zero-order valence-corrected chi connectivity index (χ0v) is 15.0. The van der Waals surface area contributed by atoms with E-state index in [-0.39, 0.29) is 24.9 Å². The maximum Gasteiger partial charge on any atom is 0.434 e. The van der Waals surface area contributed by atoms with Crippen molar-refractivity contribution in [1.29, 1.82) is 0 Å². The molecule has 3 rings (SSSR count). The maximum absolute atomic E-state index is 12.5. The van der Waals surface area contributed by atoms with Crippen LogP contribution in [0.4, 0.5) is 36.3 Å². The molecule has 2 amide bonds. The number of likely N-dealkylation sites (tertiary alicyclic amines) is 1. The van der Waals surface area contributed by atoms with Crippen LogP contribution in [0.2, 0.25) is 0 Å². The van der Waals surface area contributed by atoms with Crippen LogP contribution in [-0.4, -0.2) is 53.4 Å². The van der Waals surface area contributed by atoms with E-state index in [1.54, 1.807) is 5.38 Å². The Kier molecular flexibility index (Phi) is 5.23. The van der Waals surface area contributed by atoms with E-state index in [0.717, 1.165) is 4.90 Å². The van der Waals surface area contributed by atoms with Gasteiger partial charge in [0.15, 0.2) is 5.13 Å². The van der Waals surface area contributed by atoms with E-state index in [2.05, 4.69) is 15.0 Å². The normalized spacial score (nSPS) is 21.7. The molecule has 1 N–H and O–H groups in total. The molecule has 13 heteroatoms. The van der Waals surface area contributed by atoms with Crippen LogP contribution in [0, 0.1) is 11.3 Å². The summed E-state index contributed by atoms with van der Waals surface area (Å²) in [7, 11) is 0. The van der Waals surface area contributed by atoms with Crippen molar-refractivity contribution in [3.05, 3.63) is 11.6 Å². The van der Waals surface area contributed by atoms with Crippen molar-refractivity contribution < 1.29 is 40.7 Å². The predicted octanol–water partition coefficient (Wildman–Crippen LogP) is 3.81. The molecule has 0 bridgehead atoms. The fourth-order valence-electron chi connectivity index (χ4n) is 3.38. The van der Waals surface area contributed by atoms with Crippen LogP contribution in [0.5, 0.6) is 0 Å². The zero-order valence-electron chi connectivity index (χ0n) is 14.1. The third kappa shape index (κ3) is 4.33. The van der Waals surface area contributed by atoms with Crippen molar-refractivity contribution in [3.63, 3.8) is 0 Å². The number of aromatic nitrogens is 1. The molecule has 1 saturated carbocycles. The van der Waals surface area contributed by atoms with Crippen LogP contribution in [0.25, 0.3) is 0 Å². The molecule has 1 aromatic rings. The number of carbonyl (C=O) groups is 2. The third-order valence-corrected chi connectivity index (χ3v) is 5.69. The molecule has 0 aromatic carbocycles. The Morgan fingerprint density at radius 3 is 2.32 bits per heavy atom. The highest BCUT2D eigenvalue weighted by atomic mass is 32.1. The molecule has 1 aromatic heterocycles. The number of hydrogen-bond acceptors (Lipinski definition) is 5. The van der Waals surface area contributed by atoms with Crippen LogP contribution < -0.4 is 5.32 Å². The van der Waals surface area contributed by atoms with Gasteiger partial charge >= 0.3 is 18.4 Å². The number of carbonyl (C=O) groups excluding carboxylic acids is 2. The van der Waals surface area contributed by atoms with Crippen LogP contribution in [0.15, 0.2) is 11.6 Å². The Balaban J connectivity index is 1.53. The van der Waals surface area contributed by atoms with Gasteiger partial charge in [-0.1, -0.05) is 0 Å². The minimum absolute atomic E-state index is 0.0811. The summed E-state index contributed by atoms with van der Waals surface area (Å²) in [5.41, 5.74) is -0.397. The number of alkyl halides is 6. The van der Waals surface area contributed by atoms with Gasteiger partial charge in [0.05, 0.1) is 0 Å². The Morgan fingerprint density at radius 1 is 1.21 bits per heavy atom. The Labute approximate surface area is 158 Å². The topological polar surface area (TPSA) is 71.5 Å². The molecule has 1 aliphatic carbocycles. The summed E-state index contributed by atoms with van der Waals surface area (Å²) in [5.74, 6) is -0.562. The lowest BCUT2D eigenvalue weighted by molar-refractivity contribution is -0.308. The minimum Gasteiger partial charge on any atom is -0.426 e. The van der Waals surface area contributed by atoms with Gasteiger partial charge in [-0.25, -0.2) is 9.78 Å². The number of piperidine rings is 1. The van der Waals surface area contributed by atoms with E-state index in [1.165, 1.54) is 17.5 Å². The number of amides is 2. The van der Waals surface area contributed by atoms with E-state index in [1.807, 2.05) is 0 Å². The molecule has 2 aliphatic rings. The van der Waals surface area contributed by atoms with Crippen molar-refractivity contribution in [2.75, 3.05) is 18.4 Å². The average molecular weight is 431 g/mol. The van der Waals surface area contributed by atoms with Crippen LogP contribution >= 0.6 is 11.3 Å². The number of hydrogen-bond donors (Lipinski definition) is 1. The predicted molar refractivity (Wildman–Crippen MR) is 84.5 cm³/mol. The third-order valence-electron chi connectivity index (χ3n) is 5.00. The highest BCUT2D eigenvalue weighted by molar-refractivity contribution is 7.13. The fourth-order valence-corrected chi connectivity index (χ4v) is 3.91. The van der Waals surface area contributed by atoms with Gasteiger partial charge in [-0.2, -0.15) is 26.3 Å². The quantitative estimate of drug-likeness (QED) is 0.739. The number of nitrogens with one attached hydrogen (secondary N) is 1. The summed E-state index contributed by atoms with van der Waals surface area (Å²) in [6.07, 6.45) is -14.7. The van der Waals surface area contributed by atoms with E-state index < -0.39 is 30.0 Å². The van der Waals surface area contributed by atoms with Gasteiger partial charge in [-0.3, -0.25) is 4.79 Å². The molecule has 1 spiro atoms. The first-order valence-corrected chi connectivity index (χ1v) is 9.10. The second-order valence-corrected chi connectivity index (χ2v) is 7.67. The summed E-state index contributed by atoms with van der Waals surface area (Å²) in [4.78, 5) is 28.8. The smallest absolute Gasteiger partial charge is 0.426 e. The number of ether oxygens (including phenoxy) is 1. The van der Waals surface area contributed by atoms with Gasteiger partial charge in [-0.05, 0) is 24.7 Å². The first kappa shape index (κ1) is 20.7. The molecule has 0 radical (unpaired) electrons. The molecule has 1 atom stereocenters. The molecule has 28 heavy (non-hydrogen) atoms. The van der Waals surface area contributed by atoms with Crippen molar-refractivity contribution in [2.45, 2.75) is 37.7 Å². The zero-order chi connectivity index (χ0) is 20.7. The number of rotatable bonds is 3. The van der Waals surface area contributed by atoms with Crippen molar-refractivity contribution >= 4 is 28.5 Å². The molecule has 1 saturated heterocycles. The largest absolute Gasteiger partial charge is 0.434 e.